The predicted molar refractivity (Wildman–Crippen MR) is 80.4 cm³/mol. The van der Waals surface area contributed by atoms with E-state index in [2.05, 4.69) is 10.0 Å². The van der Waals surface area contributed by atoms with Crippen LogP contribution in [-0.4, -0.2) is 33.5 Å². The van der Waals surface area contributed by atoms with Crippen molar-refractivity contribution >= 4 is 33.4 Å². The van der Waals surface area contributed by atoms with Crippen molar-refractivity contribution in [2.75, 3.05) is 25.1 Å². The zero-order chi connectivity index (χ0) is 13.9. The average Bonchev–Trinajstić information content (AvgIpc) is 2.33. The maximum atomic E-state index is 11.0. The SMILES string of the molecule is CS(=O)(=O)NCCNC1CCSc2ccc(Cl)cc21. The number of sulfonamides is 1. The van der Waals surface area contributed by atoms with Gasteiger partial charge in [-0.05, 0) is 35.9 Å². The number of halogens is 1. The minimum absolute atomic E-state index is 0.247. The van der Waals surface area contributed by atoms with E-state index < -0.39 is 10.0 Å². The van der Waals surface area contributed by atoms with Gasteiger partial charge in [0.05, 0.1) is 6.26 Å². The second kappa shape index (κ2) is 6.45. The van der Waals surface area contributed by atoms with E-state index in [9.17, 15) is 8.42 Å². The molecule has 1 unspecified atom stereocenters. The fraction of sp³-hybridized carbons (Fsp3) is 0.500. The fourth-order valence-corrected chi connectivity index (χ4v) is 3.82. The van der Waals surface area contributed by atoms with Gasteiger partial charge >= 0.3 is 0 Å². The van der Waals surface area contributed by atoms with E-state index in [4.69, 9.17) is 11.6 Å². The third-order valence-electron chi connectivity index (χ3n) is 2.89. The zero-order valence-electron chi connectivity index (χ0n) is 10.6. The molecule has 0 fully saturated rings. The molecule has 1 aliphatic rings. The number of rotatable bonds is 5. The standard InChI is InChI=1S/C12H17ClN2O2S2/c1-19(16,17)15-6-5-14-11-4-7-18-12-3-2-9(13)8-10(11)12/h2-3,8,11,14-15H,4-7H2,1H3. The highest BCUT2D eigenvalue weighted by atomic mass is 35.5. The lowest BCUT2D eigenvalue weighted by Gasteiger charge is -2.26. The maximum Gasteiger partial charge on any atom is 0.208 e. The average molecular weight is 321 g/mol. The first-order valence-corrected chi connectivity index (χ1v) is 9.31. The van der Waals surface area contributed by atoms with Crippen LogP contribution in [0.4, 0.5) is 0 Å². The van der Waals surface area contributed by atoms with Crippen LogP contribution in [0.2, 0.25) is 5.02 Å². The van der Waals surface area contributed by atoms with Gasteiger partial charge in [-0.3, -0.25) is 0 Å². The van der Waals surface area contributed by atoms with E-state index >= 15 is 0 Å². The molecule has 106 valence electrons. The summed E-state index contributed by atoms with van der Waals surface area (Å²) >= 11 is 7.87. The van der Waals surface area contributed by atoms with Gasteiger partial charge < -0.3 is 5.32 Å². The Balaban J connectivity index is 1.94. The summed E-state index contributed by atoms with van der Waals surface area (Å²) in [6.07, 6.45) is 2.19. The van der Waals surface area contributed by atoms with Gasteiger partial charge in [0, 0.05) is 29.0 Å². The van der Waals surface area contributed by atoms with Crippen molar-refractivity contribution in [2.24, 2.45) is 0 Å². The van der Waals surface area contributed by atoms with Crippen molar-refractivity contribution in [1.29, 1.82) is 0 Å². The molecule has 0 saturated heterocycles. The quantitative estimate of drug-likeness (QED) is 0.815. The summed E-state index contributed by atoms with van der Waals surface area (Å²) in [4.78, 5) is 1.25. The molecule has 2 rings (SSSR count). The highest BCUT2D eigenvalue weighted by molar-refractivity contribution is 7.99. The Labute approximate surface area is 123 Å². The minimum atomic E-state index is -3.11. The van der Waals surface area contributed by atoms with Crippen LogP contribution in [0.5, 0.6) is 0 Å². The van der Waals surface area contributed by atoms with Crippen LogP contribution >= 0.6 is 23.4 Å². The minimum Gasteiger partial charge on any atom is -0.309 e. The first-order chi connectivity index (χ1) is 8.96. The lowest BCUT2D eigenvalue weighted by molar-refractivity contribution is 0.509. The molecule has 19 heavy (non-hydrogen) atoms. The van der Waals surface area contributed by atoms with Crippen molar-refractivity contribution in [3.63, 3.8) is 0 Å². The second-order valence-corrected chi connectivity index (χ2v) is 7.90. The van der Waals surface area contributed by atoms with Crippen LogP contribution in [0.15, 0.2) is 23.1 Å². The fourth-order valence-electron chi connectivity index (χ4n) is 2.06. The molecule has 2 N–H and O–H groups in total. The van der Waals surface area contributed by atoms with E-state index in [0.29, 0.717) is 13.1 Å². The molecule has 1 aromatic carbocycles. The molecule has 0 radical (unpaired) electrons. The molecule has 1 aromatic rings. The normalized spacial score (nSPS) is 19.2. The largest absolute Gasteiger partial charge is 0.309 e. The molecule has 0 saturated carbocycles. The van der Waals surface area contributed by atoms with Crippen molar-refractivity contribution in [1.82, 2.24) is 10.0 Å². The maximum absolute atomic E-state index is 11.0. The summed E-state index contributed by atoms with van der Waals surface area (Å²) in [5.41, 5.74) is 1.21. The topological polar surface area (TPSA) is 58.2 Å². The predicted octanol–water partition coefficient (Wildman–Crippen LogP) is 2.02. The van der Waals surface area contributed by atoms with E-state index in [0.717, 1.165) is 17.2 Å². The third kappa shape index (κ3) is 4.65. The second-order valence-electron chi connectivity index (χ2n) is 4.49. The van der Waals surface area contributed by atoms with Crippen molar-refractivity contribution in [2.45, 2.75) is 17.4 Å². The van der Waals surface area contributed by atoms with Gasteiger partial charge in [-0.15, -0.1) is 11.8 Å². The molecule has 0 amide bonds. The van der Waals surface area contributed by atoms with Crippen molar-refractivity contribution in [3.8, 4) is 0 Å². The molecule has 1 heterocycles. The van der Waals surface area contributed by atoms with Gasteiger partial charge in [-0.2, -0.15) is 0 Å². The van der Waals surface area contributed by atoms with Crippen LogP contribution in [0.1, 0.15) is 18.0 Å². The number of hydrogen-bond acceptors (Lipinski definition) is 4. The van der Waals surface area contributed by atoms with Crippen LogP contribution in [0, 0.1) is 0 Å². The molecule has 1 atom stereocenters. The van der Waals surface area contributed by atoms with Gasteiger partial charge in [0.2, 0.25) is 10.0 Å². The number of fused-ring (bicyclic) bond motifs is 1. The zero-order valence-corrected chi connectivity index (χ0v) is 13.0. The van der Waals surface area contributed by atoms with Gasteiger partial charge in [-0.25, -0.2) is 13.1 Å². The molecular formula is C12H17ClN2O2S2. The lowest BCUT2D eigenvalue weighted by Crippen LogP contribution is -2.34. The Morgan fingerprint density at radius 3 is 2.95 bits per heavy atom. The summed E-state index contributed by atoms with van der Waals surface area (Å²) in [6, 6.07) is 6.19. The number of hydrogen-bond donors (Lipinski definition) is 2. The molecule has 0 aromatic heterocycles. The van der Waals surface area contributed by atoms with Gasteiger partial charge in [0.25, 0.3) is 0 Å². The Morgan fingerprint density at radius 1 is 1.42 bits per heavy atom. The Bertz CT molecular complexity index is 549. The third-order valence-corrected chi connectivity index (χ3v) is 4.98. The van der Waals surface area contributed by atoms with Crippen LogP contribution in [0.3, 0.4) is 0 Å². The van der Waals surface area contributed by atoms with E-state index in [1.165, 1.54) is 16.7 Å². The van der Waals surface area contributed by atoms with Gasteiger partial charge in [-0.1, -0.05) is 11.6 Å². The molecular weight excluding hydrogens is 304 g/mol. The van der Waals surface area contributed by atoms with E-state index in [1.807, 2.05) is 30.0 Å². The van der Waals surface area contributed by atoms with E-state index in [1.54, 1.807) is 0 Å². The van der Waals surface area contributed by atoms with Gasteiger partial charge in [0.15, 0.2) is 0 Å². The smallest absolute Gasteiger partial charge is 0.208 e. The van der Waals surface area contributed by atoms with Crippen LogP contribution in [0.25, 0.3) is 0 Å². The summed E-state index contributed by atoms with van der Waals surface area (Å²) in [7, 11) is -3.11. The van der Waals surface area contributed by atoms with Crippen molar-refractivity contribution in [3.05, 3.63) is 28.8 Å². The summed E-state index contributed by atoms with van der Waals surface area (Å²) in [5.74, 6) is 1.06. The molecule has 0 spiro atoms. The first kappa shape index (κ1) is 15.1. The summed E-state index contributed by atoms with van der Waals surface area (Å²) < 4.78 is 24.4. The lowest BCUT2D eigenvalue weighted by atomic mass is 10.0. The Morgan fingerprint density at radius 2 is 2.21 bits per heavy atom. The molecule has 0 aliphatic carbocycles. The molecule has 1 aliphatic heterocycles. The molecule has 0 bridgehead atoms. The van der Waals surface area contributed by atoms with E-state index in [-0.39, 0.29) is 6.04 Å². The first-order valence-electron chi connectivity index (χ1n) is 6.06. The monoisotopic (exact) mass is 320 g/mol. The number of benzene rings is 1. The molecule has 4 nitrogen and oxygen atoms in total. The van der Waals surface area contributed by atoms with Gasteiger partial charge in [0.1, 0.15) is 0 Å². The highest BCUT2D eigenvalue weighted by Gasteiger charge is 2.20. The number of thioether (sulfide) groups is 1. The highest BCUT2D eigenvalue weighted by Crippen LogP contribution is 2.37. The Hall–Kier alpha value is -0.270. The van der Waals surface area contributed by atoms with Crippen molar-refractivity contribution < 1.29 is 8.42 Å². The summed E-state index contributed by atoms with van der Waals surface area (Å²) in [6.45, 7) is 1.01. The molecule has 7 heteroatoms. The van der Waals surface area contributed by atoms with Crippen LogP contribution in [-0.2, 0) is 10.0 Å². The Kier molecular flexibility index (Phi) is 5.14. The summed E-state index contributed by atoms with van der Waals surface area (Å²) in [5, 5.41) is 4.12. The van der Waals surface area contributed by atoms with Crippen LogP contribution < -0.4 is 10.0 Å². The number of nitrogens with one attached hydrogen (secondary N) is 2.